The first kappa shape index (κ1) is 17.8. The van der Waals surface area contributed by atoms with Gasteiger partial charge in [-0.25, -0.2) is 4.98 Å². The van der Waals surface area contributed by atoms with E-state index in [1.54, 1.807) is 0 Å². The molecule has 0 bridgehead atoms. The third-order valence-corrected chi connectivity index (χ3v) is 5.58. The zero-order valence-corrected chi connectivity index (χ0v) is 16.3. The SMILES string of the molecule is C[C@@H](NC(=O)Cc1csc2nc(-c3ccc(Cl)cc3)cn12)c1ccccc1. The number of carbonyl (C=O) groups is 1. The third-order valence-electron chi connectivity index (χ3n) is 4.44. The van der Waals surface area contributed by atoms with Gasteiger partial charge in [-0.2, -0.15) is 0 Å². The Balaban J connectivity index is 1.50. The molecule has 4 nitrogen and oxygen atoms in total. The van der Waals surface area contributed by atoms with E-state index in [2.05, 4.69) is 10.3 Å². The molecular weight excluding hydrogens is 378 g/mol. The molecule has 0 saturated heterocycles. The molecule has 4 aromatic rings. The number of thiazole rings is 1. The van der Waals surface area contributed by atoms with Crippen LogP contribution in [0.4, 0.5) is 0 Å². The number of amides is 1. The molecule has 0 radical (unpaired) electrons. The molecule has 0 aliphatic rings. The van der Waals surface area contributed by atoms with Gasteiger partial charge in [0.25, 0.3) is 0 Å². The van der Waals surface area contributed by atoms with Gasteiger partial charge in [-0.15, -0.1) is 11.3 Å². The molecule has 0 saturated carbocycles. The van der Waals surface area contributed by atoms with Crippen LogP contribution in [0, 0.1) is 0 Å². The van der Waals surface area contributed by atoms with E-state index in [4.69, 9.17) is 11.6 Å². The van der Waals surface area contributed by atoms with Gasteiger partial charge in [-0.05, 0) is 24.6 Å². The standard InChI is InChI=1S/C21H18ClN3OS/c1-14(15-5-3-2-4-6-15)23-20(26)11-18-13-27-21-24-19(12-25(18)21)16-7-9-17(22)10-8-16/h2-10,12-14H,11H2,1H3,(H,23,26)/t14-/m1/s1. The number of fused-ring (bicyclic) bond motifs is 1. The van der Waals surface area contributed by atoms with Crippen LogP contribution in [-0.2, 0) is 11.2 Å². The highest BCUT2D eigenvalue weighted by atomic mass is 35.5. The van der Waals surface area contributed by atoms with Crippen LogP contribution in [0.1, 0.15) is 24.2 Å². The van der Waals surface area contributed by atoms with Crippen molar-refractivity contribution in [1.82, 2.24) is 14.7 Å². The molecule has 27 heavy (non-hydrogen) atoms. The van der Waals surface area contributed by atoms with Gasteiger partial charge in [-0.1, -0.05) is 54.1 Å². The van der Waals surface area contributed by atoms with Crippen LogP contribution in [0.5, 0.6) is 0 Å². The number of nitrogens with zero attached hydrogens (tertiary/aromatic N) is 2. The summed E-state index contributed by atoms with van der Waals surface area (Å²) < 4.78 is 1.99. The molecule has 1 amide bonds. The Morgan fingerprint density at radius 1 is 1.19 bits per heavy atom. The second-order valence-corrected chi connectivity index (χ2v) is 7.66. The number of nitrogens with one attached hydrogen (secondary N) is 1. The number of hydrogen-bond acceptors (Lipinski definition) is 3. The van der Waals surface area contributed by atoms with Gasteiger partial charge in [0.2, 0.25) is 5.91 Å². The largest absolute Gasteiger partial charge is 0.349 e. The Kier molecular flexibility index (Phi) is 4.97. The van der Waals surface area contributed by atoms with Crippen molar-refractivity contribution in [3.63, 3.8) is 0 Å². The fourth-order valence-electron chi connectivity index (χ4n) is 3.00. The van der Waals surface area contributed by atoms with Crippen LogP contribution < -0.4 is 5.32 Å². The summed E-state index contributed by atoms with van der Waals surface area (Å²) in [6.07, 6.45) is 2.28. The first-order valence-corrected chi connectivity index (χ1v) is 9.91. The molecule has 2 aromatic heterocycles. The normalized spacial score (nSPS) is 12.2. The van der Waals surface area contributed by atoms with Gasteiger partial charge >= 0.3 is 0 Å². The summed E-state index contributed by atoms with van der Waals surface area (Å²) >= 11 is 7.49. The maximum Gasteiger partial charge on any atom is 0.226 e. The number of halogens is 1. The zero-order valence-electron chi connectivity index (χ0n) is 14.7. The zero-order chi connectivity index (χ0) is 18.8. The van der Waals surface area contributed by atoms with Crippen molar-refractivity contribution in [2.24, 2.45) is 0 Å². The van der Waals surface area contributed by atoms with Crippen molar-refractivity contribution in [2.45, 2.75) is 19.4 Å². The highest BCUT2D eigenvalue weighted by molar-refractivity contribution is 7.15. The molecule has 1 atom stereocenters. The average Bonchev–Trinajstić information content (AvgIpc) is 3.25. The fraction of sp³-hybridized carbons (Fsp3) is 0.143. The second kappa shape index (κ2) is 7.55. The van der Waals surface area contributed by atoms with Crippen LogP contribution in [-0.4, -0.2) is 15.3 Å². The maximum absolute atomic E-state index is 12.5. The Morgan fingerprint density at radius 2 is 1.93 bits per heavy atom. The van der Waals surface area contributed by atoms with E-state index in [0.29, 0.717) is 11.4 Å². The molecule has 0 aliphatic heterocycles. The van der Waals surface area contributed by atoms with Crippen LogP contribution in [0.25, 0.3) is 16.2 Å². The smallest absolute Gasteiger partial charge is 0.226 e. The number of rotatable bonds is 5. The number of hydrogen-bond donors (Lipinski definition) is 1. The van der Waals surface area contributed by atoms with Gasteiger partial charge in [0, 0.05) is 27.9 Å². The summed E-state index contributed by atoms with van der Waals surface area (Å²) in [5, 5.41) is 5.75. The number of carbonyl (C=O) groups excluding carboxylic acids is 1. The van der Waals surface area contributed by atoms with Gasteiger partial charge in [0.05, 0.1) is 18.2 Å². The average molecular weight is 396 g/mol. The lowest BCUT2D eigenvalue weighted by Crippen LogP contribution is -2.28. The second-order valence-electron chi connectivity index (χ2n) is 6.39. The van der Waals surface area contributed by atoms with Crippen molar-refractivity contribution >= 4 is 33.8 Å². The van der Waals surface area contributed by atoms with Crippen LogP contribution in [0.2, 0.25) is 5.02 Å². The topological polar surface area (TPSA) is 46.4 Å². The molecule has 2 heterocycles. The molecule has 136 valence electrons. The summed E-state index contributed by atoms with van der Waals surface area (Å²) in [4.78, 5) is 18.0. The first-order valence-electron chi connectivity index (χ1n) is 8.66. The lowest BCUT2D eigenvalue weighted by molar-refractivity contribution is -0.121. The Bertz CT molecular complexity index is 1070. The lowest BCUT2D eigenvalue weighted by atomic mass is 10.1. The maximum atomic E-state index is 12.5. The van der Waals surface area contributed by atoms with E-state index in [-0.39, 0.29) is 11.9 Å². The van der Waals surface area contributed by atoms with Crippen molar-refractivity contribution in [3.05, 3.63) is 82.5 Å². The summed E-state index contributed by atoms with van der Waals surface area (Å²) in [7, 11) is 0. The van der Waals surface area contributed by atoms with E-state index in [1.807, 2.05) is 77.5 Å². The molecule has 4 rings (SSSR count). The minimum absolute atomic E-state index is 0.00667. The Hall–Kier alpha value is -2.63. The molecule has 6 heteroatoms. The Morgan fingerprint density at radius 3 is 2.67 bits per heavy atom. The minimum atomic E-state index is -0.0276. The number of aromatic nitrogens is 2. The number of benzene rings is 2. The van der Waals surface area contributed by atoms with Crippen molar-refractivity contribution in [2.75, 3.05) is 0 Å². The van der Waals surface area contributed by atoms with Crippen LogP contribution in [0.3, 0.4) is 0 Å². The minimum Gasteiger partial charge on any atom is -0.349 e. The lowest BCUT2D eigenvalue weighted by Gasteiger charge is -2.14. The highest BCUT2D eigenvalue weighted by Crippen LogP contribution is 2.25. The predicted molar refractivity (Wildman–Crippen MR) is 110 cm³/mol. The summed E-state index contributed by atoms with van der Waals surface area (Å²) in [6.45, 7) is 1.99. The van der Waals surface area contributed by atoms with Crippen molar-refractivity contribution in [1.29, 1.82) is 0 Å². The molecule has 1 N–H and O–H groups in total. The monoisotopic (exact) mass is 395 g/mol. The Labute approximate surface area is 166 Å². The van der Waals surface area contributed by atoms with Crippen molar-refractivity contribution < 1.29 is 4.79 Å². The summed E-state index contributed by atoms with van der Waals surface area (Å²) in [5.41, 5.74) is 3.90. The fourth-order valence-corrected chi connectivity index (χ4v) is 4.00. The molecule has 0 spiro atoms. The summed E-state index contributed by atoms with van der Waals surface area (Å²) in [5.74, 6) is -0.00667. The quantitative estimate of drug-likeness (QED) is 0.508. The molecular formula is C21H18ClN3OS. The molecule has 2 aromatic carbocycles. The first-order chi connectivity index (χ1) is 13.1. The van der Waals surface area contributed by atoms with E-state index in [9.17, 15) is 4.79 Å². The van der Waals surface area contributed by atoms with Gasteiger partial charge in [0.1, 0.15) is 0 Å². The number of imidazole rings is 1. The molecule has 0 fully saturated rings. The van der Waals surface area contributed by atoms with E-state index in [0.717, 1.165) is 27.5 Å². The van der Waals surface area contributed by atoms with Crippen LogP contribution >= 0.6 is 22.9 Å². The van der Waals surface area contributed by atoms with Crippen LogP contribution in [0.15, 0.2) is 66.2 Å². The van der Waals surface area contributed by atoms with Gasteiger partial charge in [-0.3, -0.25) is 9.20 Å². The van der Waals surface area contributed by atoms with Gasteiger partial charge in [0.15, 0.2) is 4.96 Å². The summed E-state index contributed by atoms with van der Waals surface area (Å²) in [6, 6.07) is 17.5. The van der Waals surface area contributed by atoms with E-state index >= 15 is 0 Å². The highest BCUT2D eigenvalue weighted by Gasteiger charge is 2.14. The predicted octanol–water partition coefficient (Wildman–Crippen LogP) is 5.14. The molecule has 0 unspecified atom stereocenters. The third kappa shape index (κ3) is 3.89. The van der Waals surface area contributed by atoms with Crippen molar-refractivity contribution in [3.8, 4) is 11.3 Å². The van der Waals surface area contributed by atoms with Gasteiger partial charge < -0.3 is 5.32 Å². The van der Waals surface area contributed by atoms with E-state index in [1.165, 1.54) is 11.3 Å². The molecule has 0 aliphatic carbocycles. The van der Waals surface area contributed by atoms with E-state index < -0.39 is 0 Å².